The number of hydrogen-bond acceptors (Lipinski definition) is 5. The molecule has 1 aromatic heterocycles. The van der Waals surface area contributed by atoms with Gasteiger partial charge in [-0.1, -0.05) is 12.1 Å². The number of para-hydroxylation sites is 2. The number of hydrogen-bond donors (Lipinski definition) is 1. The van der Waals surface area contributed by atoms with Gasteiger partial charge < -0.3 is 14.6 Å². The maximum absolute atomic E-state index is 12.6. The van der Waals surface area contributed by atoms with E-state index in [2.05, 4.69) is 5.32 Å². The van der Waals surface area contributed by atoms with E-state index in [0.717, 1.165) is 0 Å². The molecule has 0 spiro atoms. The number of rotatable bonds is 3. The second-order valence-electron chi connectivity index (χ2n) is 6.45. The first-order chi connectivity index (χ1) is 13.4. The molecule has 144 valence electrons. The molecule has 4 rings (SSSR count). The van der Waals surface area contributed by atoms with Crippen molar-refractivity contribution in [1.29, 1.82) is 0 Å². The summed E-state index contributed by atoms with van der Waals surface area (Å²) < 4.78 is 7.31. The molecular formula is C18H15IN4O5. The third-order valence-electron chi connectivity index (χ3n) is 4.73. The average Bonchev–Trinajstić information content (AvgIpc) is 3.24. The molecule has 2 aromatic carbocycles. The molecule has 0 aliphatic carbocycles. The number of aromatic nitrogens is 1. The van der Waals surface area contributed by atoms with Crippen LogP contribution in [0.1, 0.15) is 12.5 Å². The van der Waals surface area contributed by atoms with Gasteiger partial charge in [-0.2, -0.15) is 0 Å². The van der Waals surface area contributed by atoms with Gasteiger partial charge in [0.25, 0.3) is 5.69 Å². The van der Waals surface area contributed by atoms with Crippen LogP contribution in [0.15, 0.2) is 51.7 Å². The van der Waals surface area contributed by atoms with E-state index in [9.17, 15) is 19.7 Å². The van der Waals surface area contributed by atoms with Crippen LogP contribution < -0.4 is 11.1 Å². The van der Waals surface area contributed by atoms with Crippen molar-refractivity contribution in [3.8, 4) is 0 Å². The number of amides is 2. The van der Waals surface area contributed by atoms with Crippen molar-refractivity contribution in [1.82, 2.24) is 9.47 Å². The molecule has 0 bridgehead atoms. The third-order valence-corrected chi connectivity index (χ3v) is 5.59. The van der Waals surface area contributed by atoms with Crippen molar-refractivity contribution in [2.24, 2.45) is 0 Å². The summed E-state index contributed by atoms with van der Waals surface area (Å²) in [4.78, 5) is 36.9. The summed E-state index contributed by atoms with van der Waals surface area (Å²) in [5, 5.41) is 13.7. The summed E-state index contributed by atoms with van der Waals surface area (Å²) in [6.45, 7) is 0.867. The highest BCUT2D eigenvalue weighted by Gasteiger charge is 2.30. The van der Waals surface area contributed by atoms with Gasteiger partial charge in [-0.05, 0) is 53.3 Å². The minimum atomic E-state index is -0.467. The van der Waals surface area contributed by atoms with E-state index in [4.69, 9.17) is 4.42 Å². The second kappa shape index (κ2) is 7.26. The van der Waals surface area contributed by atoms with Crippen molar-refractivity contribution in [3.05, 3.63) is 66.7 Å². The summed E-state index contributed by atoms with van der Waals surface area (Å²) in [7, 11) is 0. The second-order valence-corrected chi connectivity index (χ2v) is 7.61. The van der Waals surface area contributed by atoms with Crippen molar-refractivity contribution < 1.29 is 14.1 Å². The lowest BCUT2D eigenvalue weighted by Crippen LogP contribution is -2.34. The maximum atomic E-state index is 12.6. The van der Waals surface area contributed by atoms with Crippen LogP contribution >= 0.6 is 22.6 Å². The number of urea groups is 1. The minimum absolute atomic E-state index is 0.00829. The molecule has 1 aliphatic rings. The molecule has 1 saturated heterocycles. The molecule has 9 nitrogen and oxygen atoms in total. The Bertz CT molecular complexity index is 1140. The fraction of sp³-hybridized carbons (Fsp3) is 0.222. The van der Waals surface area contributed by atoms with E-state index in [-0.39, 0.29) is 17.8 Å². The van der Waals surface area contributed by atoms with Crippen LogP contribution in [0, 0.1) is 13.7 Å². The van der Waals surface area contributed by atoms with Crippen molar-refractivity contribution in [2.75, 3.05) is 18.4 Å². The fourth-order valence-electron chi connectivity index (χ4n) is 3.40. The number of halogens is 1. The van der Waals surface area contributed by atoms with Gasteiger partial charge in [-0.15, -0.1) is 0 Å². The van der Waals surface area contributed by atoms with Crippen molar-refractivity contribution in [3.63, 3.8) is 0 Å². The number of nitro benzene ring substituents is 1. The Hall–Kier alpha value is -2.89. The van der Waals surface area contributed by atoms with Gasteiger partial charge >= 0.3 is 11.8 Å². The fourth-order valence-corrected chi connectivity index (χ4v) is 4.11. The number of carbonyl (C=O) groups is 1. The highest BCUT2D eigenvalue weighted by molar-refractivity contribution is 14.1. The highest BCUT2D eigenvalue weighted by atomic mass is 127. The summed E-state index contributed by atoms with van der Waals surface area (Å²) in [6.07, 6.45) is 0.634. The zero-order chi connectivity index (χ0) is 19.8. The predicted octanol–water partition coefficient (Wildman–Crippen LogP) is 3.59. The topological polar surface area (TPSA) is 111 Å². The number of benzene rings is 2. The monoisotopic (exact) mass is 494 g/mol. The van der Waals surface area contributed by atoms with E-state index in [1.165, 1.54) is 12.1 Å². The van der Waals surface area contributed by atoms with Crippen LogP contribution in [-0.2, 0) is 0 Å². The van der Waals surface area contributed by atoms with Crippen molar-refractivity contribution >= 4 is 51.1 Å². The summed E-state index contributed by atoms with van der Waals surface area (Å²) in [5.41, 5.74) is 1.71. The lowest BCUT2D eigenvalue weighted by Gasteiger charge is -2.18. The molecule has 3 aromatic rings. The van der Waals surface area contributed by atoms with Gasteiger partial charge in [0, 0.05) is 24.8 Å². The van der Waals surface area contributed by atoms with E-state index >= 15 is 0 Å². The zero-order valence-corrected chi connectivity index (χ0v) is 16.7. The third kappa shape index (κ3) is 3.35. The van der Waals surface area contributed by atoms with Crippen LogP contribution in [0.5, 0.6) is 0 Å². The summed E-state index contributed by atoms with van der Waals surface area (Å²) >= 11 is 1.86. The predicted molar refractivity (Wildman–Crippen MR) is 111 cm³/mol. The van der Waals surface area contributed by atoms with E-state index in [1.54, 1.807) is 27.7 Å². The number of oxazole rings is 1. The highest BCUT2D eigenvalue weighted by Crippen LogP contribution is 2.27. The molecule has 10 heteroatoms. The SMILES string of the molecule is O=C(Nc1ccc([N+](=O)[O-])c(I)c1)N1CCC(n2c(=O)oc3ccccc32)C1. The Morgan fingerprint density at radius 3 is 2.82 bits per heavy atom. The first kappa shape index (κ1) is 18.5. The Kier molecular flexibility index (Phi) is 4.79. The van der Waals surface area contributed by atoms with E-state index < -0.39 is 10.7 Å². The van der Waals surface area contributed by atoms with Crippen molar-refractivity contribution in [2.45, 2.75) is 12.5 Å². The number of fused-ring (bicyclic) bond motifs is 1. The molecule has 28 heavy (non-hydrogen) atoms. The van der Waals surface area contributed by atoms with Crippen LogP contribution in [0.2, 0.25) is 0 Å². The molecule has 2 amide bonds. The van der Waals surface area contributed by atoms with E-state index in [1.807, 2.05) is 34.7 Å². The van der Waals surface area contributed by atoms with Crippen LogP contribution in [0.25, 0.3) is 11.1 Å². The van der Waals surface area contributed by atoms with E-state index in [0.29, 0.717) is 39.9 Å². The number of nitro groups is 1. The minimum Gasteiger partial charge on any atom is -0.408 e. The standard InChI is InChI=1S/C18H15IN4O5/c19-13-9-11(5-6-14(13)23(26)27)20-17(24)21-8-7-12(10-21)22-15-3-1-2-4-16(15)28-18(22)25/h1-6,9,12H,7-8,10H2,(H,20,24). The average molecular weight is 494 g/mol. The van der Waals surface area contributed by atoms with Gasteiger partial charge in [0.2, 0.25) is 0 Å². The maximum Gasteiger partial charge on any atom is 0.420 e. The van der Waals surface area contributed by atoms with Gasteiger partial charge in [-0.3, -0.25) is 14.7 Å². The van der Waals surface area contributed by atoms with Gasteiger partial charge in [-0.25, -0.2) is 9.59 Å². The molecule has 1 aliphatic heterocycles. The summed E-state index contributed by atoms with van der Waals surface area (Å²) in [5.74, 6) is -0.432. The normalized spacial score (nSPS) is 16.5. The van der Waals surface area contributed by atoms with Gasteiger partial charge in [0.05, 0.1) is 20.1 Å². The van der Waals surface area contributed by atoms with Crippen LogP contribution in [0.3, 0.4) is 0 Å². The number of nitrogens with one attached hydrogen (secondary N) is 1. The van der Waals surface area contributed by atoms with Gasteiger partial charge in [0.1, 0.15) is 0 Å². The molecule has 0 saturated carbocycles. The van der Waals surface area contributed by atoms with Crippen LogP contribution in [-0.4, -0.2) is 33.5 Å². The molecule has 1 fully saturated rings. The number of anilines is 1. The molecular weight excluding hydrogens is 479 g/mol. The molecule has 1 N–H and O–H groups in total. The number of likely N-dealkylation sites (tertiary alicyclic amines) is 1. The van der Waals surface area contributed by atoms with Gasteiger partial charge in [0.15, 0.2) is 5.58 Å². The first-order valence-electron chi connectivity index (χ1n) is 8.54. The molecule has 0 radical (unpaired) electrons. The Morgan fingerprint density at radius 1 is 1.29 bits per heavy atom. The lowest BCUT2D eigenvalue weighted by molar-refractivity contribution is -0.385. The lowest BCUT2D eigenvalue weighted by atomic mass is 10.2. The first-order valence-corrected chi connectivity index (χ1v) is 9.62. The molecule has 2 heterocycles. The summed E-state index contributed by atoms with van der Waals surface area (Å²) in [6, 6.07) is 11.1. The van der Waals surface area contributed by atoms with Crippen LogP contribution in [0.4, 0.5) is 16.2 Å². The molecule has 1 unspecified atom stereocenters. The number of nitrogens with zero attached hydrogens (tertiary/aromatic N) is 3. The Labute approximate surface area is 172 Å². The quantitative estimate of drug-likeness (QED) is 0.340. The largest absolute Gasteiger partial charge is 0.420 e. The zero-order valence-electron chi connectivity index (χ0n) is 14.5. The smallest absolute Gasteiger partial charge is 0.408 e. The Morgan fingerprint density at radius 2 is 2.07 bits per heavy atom. The Balaban J connectivity index is 1.49. The molecule has 1 atom stereocenters. The number of carbonyl (C=O) groups excluding carboxylic acids is 1.